The Hall–Kier alpha value is -2.96. The van der Waals surface area contributed by atoms with E-state index in [2.05, 4.69) is 15.3 Å². The Bertz CT molecular complexity index is 676. The highest BCUT2D eigenvalue weighted by Crippen LogP contribution is 2.12. The van der Waals surface area contributed by atoms with Gasteiger partial charge in [0, 0.05) is 25.1 Å². The first-order valence-corrected chi connectivity index (χ1v) is 7.05. The monoisotopic (exact) mass is 314 g/mol. The molecular weight excluding hydrogens is 296 g/mol. The third kappa shape index (κ3) is 5.06. The summed E-state index contributed by atoms with van der Waals surface area (Å²) >= 11 is 0. The van der Waals surface area contributed by atoms with E-state index >= 15 is 0 Å². The summed E-state index contributed by atoms with van der Waals surface area (Å²) in [5.74, 6) is -0.500. The SMILES string of the molecule is Cc1ccccc1NC(=O)COC(=O)CN(C)c1ncccn1. The Labute approximate surface area is 134 Å². The van der Waals surface area contributed by atoms with Crippen LogP contribution in [0, 0.1) is 6.92 Å². The second-order valence-electron chi connectivity index (χ2n) is 4.93. The van der Waals surface area contributed by atoms with Gasteiger partial charge in [-0.1, -0.05) is 18.2 Å². The molecule has 2 aromatic rings. The van der Waals surface area contributed by atoms with Gasteiger partial charge < -0.3 is 15.0 Å². The number of hydrogen-bond donors (Lipinski definition) is 1. The van der Waals surface area contributed by atoms with Crippen molar-refractivity contribution >= 4 is 23.5 Å². The van der Waals surface area contributed by atoms with Gasteiger partial charge in [-0.05, 0) is 24.6 Å². The van der Waals surface area contributed by atoms with Crippen molar-refractivity contribution in [2.24, 2.45) is 0 Å². The van der Waals surface area contributed by atoms with Crippen LogP contribution in [-0.2, 0) is 14.3 Å². The molecule has 0 fully saturated rings. The highest BCUT2D eigenvalue weighted by atomic mass is 16.5. The van der Waals surface area contributed by atoms with Crippen molar-refractivity contribution < 1.29 is 14.3 Å². The van der Waals surface area contributed by atoms with Crippen molar-refractivity contribution in [2.45, 2.75) is 6.92 Å². The molecule has 0 aliphatic heterocycles. The zero-order chi connectivity index (χ0) is 16.7. The standard InChI is InChI=1S/C16H18N4O3/c1-12-6-3-4-7-13(12)19-14(21)11-23-15(22)10-20(2)16-17-8-5-9-18-16/h3-9H,10-11H2,1-2H3,(H,19,21). The van der Waals surface area contributed by atoms with Gasteiger partial charge in [-0.25, -0.2) is 9.97 Å². The molecule has 0 bridgehead atoms. The minimum absolute atomic E-state index is 0.0400. The number of ether oxygens (including phenoxy) is 1. The number of rotatable bonds is 6. The van der Waals surface area contributed by atoms with Crippen LogP contribution in [0.3, 0.4) is 0 Å². The van der Waals surface area contributed by atoms with Gasteiger partial charge in [-0.15, -0.1) is 0 Å². The molecule has 1 heterocycles. The van der Waals surface area contributed by atoms with Crippen LogP contribution in [0.4, 0.5) is 11.6 Å². The van der Waals surface area contributed by atoms with Crippen molar-refractivity contribution in [2.75, 3.05) is 30.4 Å². The number of carbonyl (C=O) groups is 2. The maximum atomic E-state index is 11.8. The van der Waals surface area contributed by atoms with Gasteiger partial charge >= 0.3 is 5.97 Å². The molecule has 0 saturated heterocycles. The van der Waals surface area contributed by atoms with Crippen molar-refractivity contribution in [3.05, 3.63) is 48.3 Å². The number of esters is 1. The molecule has 0 aliphatic rings. The van der Waals surface area contributed by atoms with E-state index in [0.29, 0.717) is 11.6 Å². The molecular formula is C16H18N4O3. The number of anilines is 2. The third-order valence-electron chi connectivity index (χ3n) is 3.04. The average molecular weight is 314 g/mol. The van der Waals surface area contributed by atoms with Gasteiger partial charge in [0.15, 0.2) is 6.61 Å². The zero-order valence-corrected chi connectivity index (χ0v) is 13.0. The fourth-order valence-corrected chi connectivity index (χ4v) is 1.84. The number of aromatic nitrogens is 2. The second kappa shape index (κ2) is 7.88. The summed E-state index contributed by atoms with van der Waals surface area (Å²) in [6.45, 7) is 1.51. The Balaban J connectivity index is 1.78. The van der Waals surface area contributed by atoms with Crippen molar-refractivity contribution in [1.82, 2.24) is 9.97 Å². The van der Waals surface area contributed by atoms with Crippen molar-refractivity contribution in [3.8, 4) is 0 Å². The molecule has 0 radical (unpaired) electrons. The van der Waals surface area contributed by atoms with Crippen LogP contribution in [-0.4, -0.2) is 42.0 Å². The summed E-state index contributed by atoms with van der Waals surface area (Å²) in [5, 5.41) is 2.70. The molecule has 1 aromatic carbocycles. The maximum Gasteiger partial charge on any atom is 0.326 e. The molecule has 0 saturated carbocycles. The van der Waals surface area contributed by atoms with E-state index in [4.69, 9.17) is 4.74 Å². The molecule has 0 atom stereocenters. The molecule has 0 unspecified atom stereocenters. The highest BCUT2D eigenvalue weighted by Gasteiger charge is 2.12. The third-order valence-corrected chi connectivity index (χ3v) is 3.04. The van der Waals surface area contributed by atoms with E-state index in [1.165, 1.54) is 0 Å². The molecule has 7 heteroatoms. The molecule has 0 aliphatic carbocycles. The number of para-hydroxylation sites is 1. The van der Waals surface area contributed by atoms with Gasteiger partial charge in [0.05, 0.1) is 0 Å². The fourth-order valence-electron chi connectivity index (χ4n) is 1.84. The van der Waals surface area contributed by atoms with E-state index in [1.54, 1.807) is 36.5 Å². The van der Waals surface area contributed by atoms with Crippen molar-refractivity contribution in [1.29, 1.82) is 0 Å². The number of carbonyl (C=O) groups excluding carboxylic acids is 2. The lowest BCUT2D eigenvalue weighted by Gasteiger charge is -2.15. The highest BCUT2D eigenvalue weighted by molar-refractivity contribution is 5.93. The van der Waals surface area contributed by atoms with Gasteiger partial charge in [-0.2, -0.15) is 0 Å². The fraction of sp³-hybridized carbons (Fsp3) is 0.250. The van der Waals surface area contributed by atoms with Gasteiger partial charge in [-0.3, -0.25) is 9.59 Å². The van der Waals surface area contributed by atoms with Crippen LogP contribution in [0.15, 0.2) is 42.7 Å². The Kier molecular flexibility index (Phi) is 5.62. The summed E-state index contributed by atoms with van der Waals surface area (Å²) < 4.78 is 4.96. The predicted octanol–water partition coefficient (Wildman–Crippen LogP) is 1.40. The average Bonchev–Trinajstić information content (AvgIpc) is 2.56. The lowest BCUT2D eigenvalue weighted by Crippen LogP contribution is -2.30. The number of amides is 1. The van der Waals surface area contributed by atoms with Crippen LogP contribution >= 0.6 is 0 Å². The minimum Gasteiger partial charge on any atom is -0.454 e. The summed E-state index contributed by atoms with van der Waals surface area (Å²) in [4.78, 5) is 33.1. The summed E-state index contributed by atoms with van der Waals surface area (Å²) in [5.41, 5.74) is 1.64. The number of nitrogens with zero attached hydrogens (tertiary/aromatic N) is 3. The summed E-state index contributed by atoms with van der Waals surface area (Å²) in [6.07, 6.45) is 3.17. The predicted molar refractivity (Wildman–Crippen MR) is 86.1 cm³/mol. The zero-order valence-electron chi connectivity index (χ0n) is 13.0. The minimum atomic E-state index is -0.528. The lowest BCUT2D eigenvalue weighted by molar-refractivity contribution is -0.145. The van der Waals surface area contributed by atoms with E-state index in [1.807, 2.05) is 25.1 Å². The molecule has 2 rings (SSSR count). The molecule has 1 amide bonds. The molecule has 1 aromatic heterocycles. The number of hydrogen-bond acceptors (Lipinski definition) is 6. The van der Waals surface area contributed by atoms with Crippen molar-refractivity contribution in [3.63, 3.8) is 0 Å². The van der Waals surface area contributed by atoms with Crippen LogP contribution in [0.5, 0.6) is 0 Å². The maximum absolute atomic E-state index is 11.8. The van der Waals surface area contributed by atoms with E-state index in [9.17, 15) is 9.59 Å². The van der Waals surface area contributed by atoms with Gasteiger partial charge in [0.2, 0.25) is 5.95 Å². The summed E-state index contributed by atoms with van der Waals surface area (Å²) in [6, 6.07) is 9.06. The Morgan fingerprint density at radius 1 is 1.17 bits per heavy atom. The first-order chi connectivity index (χ1) is 11.1. The number of benzene rings is 1. The smallest absolute Gasteiger partial charge is 0.326 e. The Morgan fingerprint density at radius 3 is 2.57 bits per heavy atom. The molecule has 1 N–H and O–H groups in total. The molecule has 7 nitrogen and oxygen atoms in total. The van der Waals surface area contributed by atoms with E-state index in [0.717, 1.165) is 5.56 Å². The molecule has 0 spiro atoms. The number of likely N-dealkylation sites (N-methyl/N-ethyl adjacent to an activating group) is 1. The number of aryl methyl sites for hydroxylation is 1. The summed E-state index contributed by atoms with van der Waals surface area (Å²) in [7, 11) is 1.67. The second-order valence-corrected chi connectivity index (χ2v) is 4.93. The van der Waals surface area contributed by atoms with Crippen LogP contribution < -0.4 is 10.2 Å². The van der Waals surface area contributed by atoms with Gasteiger partial charge in [0.1, 0.15) is 6.54 Å². The lowest BCUT2D eigenvalue weighted by atomic mass is 10.2. The van der Waals surface area contributed by atoms with E-state index in [-0.39, 0.29) is 19.1 Å². The van der Waals surface area contributed by atoms with Crippen LogP contribution in [0.2, 0.25) is 0 Å². The quantitative estimate of drug-likeness (QED) is 0.811. The largest absolute Gasteiger partial charge is 0.454 e. The first-order valence-electron chi connectivity index (χ1n) is 7.05. The normalized spacial score (nSPS) is 10.0. The number of nitrogens with one attached hydrogen (secondary N) is 1. The van der Waals surface area contributed by atoms with Crippen LogP contribution in [0.1, 0.15) is 5.56 Å². The molecule has 23 heavy (non-hydrogen) atoms. The van der Waals surface area contributed by atoms with Crippen LogP contribution in [0.25, 0.3) is 0 Å². The first kappa shape index (κ1) is 16.4. The van der Waals surface area contributed by atoms with E-state index < -0.39 is 5.97 Å². The molecule has 120 valence electrons. The van der Waals surface area contributed by atoms with Gasteiger partial charge in [0.25, 0.3) is 5.91 Å². The Morgan fingerprint density at radius 2 is 1.87 bits per heavy atom. The topological polar surface area (TPSA) is 84.4 Å².